The van der Waals surface area contributed by atoms with Crippen LogP contribution in [-0.2, 0) is 0 Å². The van der Waals surface area contributed by atoms with Crippen LogP contribution >= 0.6 is 0 Å². The van der Waals surface area contributed by atoms with E-state index in [0.717, 1.165) is 5.92 Å². The largest absolute Gasteiger partial charge is 0.0881 e. The van der Waals surface area contributed by atoms with Crippen molar-refractivity contribution in [3.8, 4) is 0 Å². The van der Waals surface area contributed by atoms with Gasteiger partial charge in [-0.1, -0.05) is 96.5 Å². The van der Waals surface area contributed by atoms with Crippen molar-refractivity contribution in [3.05, 3.63) is 51.7 Å². The zero-order valence-electron chi connectivity index (χ0n) is 16.5. The van der Waals surface area contributed by atoms with Gasteiger partial charge in [0.25, 0.3) is 0 Å². The molecule has 1 aromatic rings. The van der Waals surface area contributed by atoms with Crippen molar-refractivity contribution < 1.29 is 0 Å². The second-order valence-electron chi connectivity index (χ2n) is 7.67. The second kappa shape index (κ2) is 9.41. The minimum atomic E-state index is -0.352. The zero-order chi connectivity index (χ0) is 17.5. The van der Waals surface area contributed by atoms with Gasteiger partial charge < -0.3 is 0 Å². The normalized spacial score (nSPS) is 17.6. The van der Waals surface area contributed by atoms with E-state index in [1.165, 1.54) is 61.6 Å². The Kier molecular flexibility index (Phi) is 7.55. The molecule has 0 N–H and O–H groups in total. The summed E-state index contributed by atoms with van der Waals surface area (Å²) in [5.74, 6) is 0.747. The van der Waals surface area contributed by atoms with Gasteiger partial charge in [-0.15, -0.1) is 0 Å². The summed E-state index contributed by atoms with van der Waals surface area (Å²) in [6.07, 6.45) is 14.5. The fourth-order valence-corrected chi connectivity index (χ4v) is 6.21. The van der Waals surface area contributed by atoms with Gasteiger partial charge in [-0.05, 0) is 46.0 Å². The van der Waals surface area contributed by atoms with Crippen LogP contribution in [0.25, 0.3) is 0 Å². The molecule has 0 heterocycles. The minimum Gasteiger partial charge on any atom is -0.0775 e. The Bertz CT molecular complexity index is 583. The first-order valence-corrected chi connectivity index (χ1v) is 11.4. The molecular weight excluding hydrogens is 304 g/mol. The van der Waals surface area contributed by atoms with E-state index in [4.69, 9.17) is 0 Å². The monoisotopic (exact) mass is 340 g/mol. The number of hydrogen-bond donors (Lipinski definition) is 0. The Morgan fingerprint density at radius 2 is 1.58 bits per heavy atom. The molecule has 0 spiro atoms. The standard InChI is InChI=1S/C23H36Si/c1-6-8-10-11-20-13-14-22(21(20)12-9-7-2)24-23-18(4)15-17(3)16-19(23)5/h13-16,20H,6-12,24H2,1-5H3. The average Bonchev–Trinajstić information content (AvgIpc) is 2.91. The van der Waals surface area contributed by atoms with E-state index in [9.17, 15) is 0 Å². The van der Waals surface area contributed by atoms with Crippen LogP contribution in [0.5, 0.6) is 0 Å². The molecule has 0 bridgehead atoms. The molecule has 1 atom stereocenters. The quantitative estimate of drug-likeness (QED) is 0.404. The smallest absolute Gasteiger partial charge is 0.0775 e. The van der Waals surface area contributed by atoms with Gasteiger partial charge in [0.15, 0.2) is 0 Å². The van der Waals surface area contributed by atoms with Crippen molar-refractivity contribution in [1.29, 1.82) is 0 Å². The lowest BCUT2D eigenvalue weighted by Crippen LogP contribution is -2.23. The summed E-state index contributed by atoms with van der Waals surface area (Å²) in [5.41, 5.74) is 6.25. The molecule has 0 saturated heterocycles. The highest BCUT2D eigenvalue weighted by atomic mass is 28.2. The lowest BCUT2D eigenvalue weighted by molar-refractivity contribution is 0.575. The number of unbranched alkanes of at least 4 members (excludes halogenated alkanes) is 3. The fourth-order valence-electron chi connectivity index (χ4n) is 4.14. The SMILES string of the molecule is CCCCCC1C=CC([SiH2]c2c(C)cc(C)cc2C)=C1CCCC. The maximum absolute atomic E-state index is 2.53. The predicted octanol–water partition coefficient (Wildman–Crippen LogP) is 5.62. The highest BCUT2D eigenvalue weighted by Gasteiger charge is 2.21. The Morgan fingerprint density at radius 3 is 2.21 bits per heavy atom. The molecule has 1 aromatic carbocycles. The molecule has 0 saturated carbocycles. The van der Waals surface area contributed by atoms with Crippen molar-refractivity contribution in [2.75, 3.05) is 0 Å². The molecule has 1 heteroatoms. The van der Waals surface area contributed by atoms with Crippen molar-refractivity contribution in [2.24, 2.45) is 5.92 Å². The molecular formula is C23H36Si. The Morgan fingerprint density at radius 1 is 0.917 bits per heavy atom. The van der Waals surface area contributed by atoms with Crippen LogP contribution in [0.3, 0.4) is 0 Å². The molecule has 0 aromatic heterocycles. The number of rotatable bonds is 9. The van der Waals surface area contributed by atoms with E-state index >= 15 is 0 Å². The number of benzene rings is 1. The fraction of sp³-hybridized carbons (Fsp3) is 0.565. The first-order valence-electron chi connectivity index (χ1n) is 10.0. The maximum atomic E-state index is 2.53. The molecule has 1 aliphatic carbocycles. The molecule has 1 aliphatic rings. The van der Waals surface area contributed by atoms with Gasteiger partial charge >= 0.3 is 0 Å². The lowest BCUT2D eigenvalue weighted by atomic mass is 9.92. The van der Waals surface area contributed by atoms with Crippen molar-refractivity contribution in [3.63, 3.8) is 0 Å². The van der Waals surface area contributed by atoms with E-state index in [0.29, 0.717) is 0 Å². The summed E-state index contributed by atoms with van der Waals surface area (Å²) in [6, 6.07) is 4.75. The van der Waals surface area contributed by atoms with Crippen LogP contribution in [-0.4, -0.2) is 9.52 Å². The lowest BCUT2D eigenvalue weighted by Gasteiger charge is -2.17. The minimum absolute atomic E-state index is 0.352. The topological polar surface area (TPSA) is 0 Å². The summed E-state index contributed by atoms with van der Waals surface area (Å²) in [5, 5.41) is 3.43. The van der Waals surface area contributed by atoms with Gasteiger partial charge in [-0.3, -0.25) is 0 Å². The molecule has 0 nitrogen and oxygen atoms in total. The van der Waals surface area contributed by atoms with Crippen LogP contribution in [0.2, 0.25) is 0 Å². The third-order valence-corrected chi connectivity index (χ3v) is 8.06. The first-order chi connectivity index (χ1) is 11.6. The van der Waals surface area contributed by atoms with Gasteiger partial charge in [-0.2, -0.15) is 0 Å². The molecule has 132 valence electrons. The van der Waals surface area contributed by atoms with E-state index in [2.05, 4.69) is 58.9 Å². The van der Waals surface area contributed by atoms with Gasteiger partial charge in [0.05, 0.1) is 9.52 Å². The average molecular weight is 341 g/mol. The first kappa shape index (κ1) is 19.2. The Labute approximate surface area is 152 Å². The Balaban J connectivity index is 2.21. The van der Waals surface area contributed by atoms with Gasteiger partial charge in [-0.25, -0.2) is 0 Å². The van der Waals surface area contributed by atoms with E-state index < -0.39 is 0 Å². The van der Waals surface area contributed by atoms with Crippen LogP contribution in [0.15, 0.2) is 35.1 Å². The summed E-state index contributed by atoms with van der Waals surface area (Å²) in [7, 11) is -0.352. The van der Waals surface area contributed by atoms with Crippen LogP contribution < -0.4 is 5.19 Å². The Hall–Kier alpha value is -1.08. The zero-order valence-corrected chi connectivity index (χ0v) is 18.0. The van der Waals surface area contributed by atoms with E-state index in [1.54, 1.807) is 16.0 Å². The highest BCUT2D eigenvalue weighted by Crippen LogP contribution is 2.33. The third kappa shape index (κ3) is 4.96. The third-order valence-electron chi connectivity index (χ3n) is 5.52. The van der Waals surface area contributed by atoms with Crippen molar-refractivity contribution in [2.45, 2.75) is 79.6 Å². The van der Waals surface area contributed by atoms with Crippen LogP contribution in [0, 0.1) is 26.7 Å². The molecule has 2 rings (SSSR count). The molecule has 0 aliphatic heterocycles. The molecule has 0 radical (unpaired) electrons. The van der Waals surface area contributed by atoms with E-state index in [-0.39, 0.29) is 9.52 Å². The van der Waals surface area contributed by atoms with E-state index in [1.807, 2.05) is 0 Å². The molecule has 24 heavy (non-hydrogen) atoms. The molecule has 1 unspecified atom stereocenters. The summed E-state index contributed by atoms with van der Waals surface area (Å²) in [6.45, 7) is 11.5. The number of aryl methyl sites for hydroxylation is 3. The molecule has 0 fully saturated rings. The number of allylic oxidation sites excluding steroid dienone is 4. The summed E-state index contributed by atoms with van der Waals surface area (Å²) >= 11 is 0. The van der Waals surface area contributed by atoms with Crippen LogP contribution in [0.1, 0.15) is 75.5 Å². The van der Waals surface area contributed by atoms with Crippen LogP contribution in [0.4, 0.5) is 0 Å². The summed E-state index contributed by atoms with van der Waals surface area (Å²) < 4.78 is 0. The maximum Gasteiger partial charge on any atom is 0.0881 e. The predicted molar refractivity (Wildman–Crippen MR) is 112 cm³/mol. The van der Waals surface area contributed by atoms with Gasteiger partial charge in [0.2, 0.25) is 0 Å². The van der Waals surface area contributed by atoms with Gasteiger partial charge in [0, 0.05) is 0 Å². The van der Waals surface area contributed by atoms with Crippen molar-refractivity contribution in [1.82, 2.24) is 0 Å². The molecule has 0 amide bonds. The van der Waals surface area contributed by atoms with Crippen molar-refractivity contribution >= 4 is 14.7 Å². The summed E-state index contributed by atoms with van der Waals surface area (Å²) in [4.78, 5) is 0. The highest BCUT2D eigenvalue weighted by molar-refractivity contribution is 6.63. The number of hydrogen-bond acceptors (Lipinski definition) is 0. The second-order valence-corrected chi connectivity index (χ2v) is 9.49. The van der Waals surface area contributed by atoms with Gasteiger partial charge in [0.1, 0.15) is 0 Å².